The molecule has 0 saturated carbocycles. The fourth-order valence-corrected chi connectivity index (χ4v) is 3.82. The van der Waals surface area contributed by atoms with Gasteiger partial charge in [0.2, 0.25) is 0 Å². The summed E-state index contributed by atoms with van der Waals surface area (Å²) in [4.78, 5) is 12.4. The van der Waals surface area contributed by atoms with Crippen molar-refractivity contribution in [1.82, 2.24) is 0 Å². The number of carbonyl (C=O) groups excluding carboxylic acids is 1. The largest absolute Gasteiger partial charge is 0.495 e. The molecule has 0 radical (unpaired) electrons. The molecule has 0 fully saturated rings. The third-order valence-corrected chi connectivity index (χ3v) is 5.82. The normalized spacial score (nSPS) is 11.0. The van der Waals surface area contributed by atoms with Crippen molar-refractivity contribution in [2.45, 2.75) is 4.90 Å². The lowest BCUT2D eigenvalue weighted by Crippen LogP contribution is -2.15. The summed E-state index contributed by atoms with van der Waals surface area (Å²) in [6.45, 7) is 0. The Morgan fingerprint density at radius 1 is 0.897 bits per heavy atom. The van der Waals surface area contributed by atoms with Gasteiger partial charge >= 0.3 is 0 Å². The number of carbonyl (C=O) groups is 1. The summed E-state index contributed by atoms with van der Waals surface area (Å²) in [6, 6.07) is 16.7. The quantitative estimate of drug-likeness (QED) is 0.549. The van der Waals surface area contributed by atoms with Crippen LogP contribution in [0.1, 0.15) is 10.4 Å². The second-order valence-corrected chi connectivity index (χ2v) is 8.49. The second kappa shape index (κ2) is 8.73. The SMILES string of the molecule is COc1ccc(S(=O)(=O)Nc2ccc(Cl)cc2)cc1NC(=O)c1ccc(Cl)cc1. The van der Waals surface area contributed by atoms with Crippen molar-refractivity contribution in [3.05, 3.63) is 82.3 Å². The summed E-state index contributed by atoms with van der Waals surface area (Å²) in [5.41, 5.74) is 0.937. The molecular formula is C20H16Cl2N2O4S. The fourth-order valence-electron chi connectivity index (χ4n) is 2.48. The lowest BCUT2D eigenvalue weighted by molar-refractivity contribution is 0.102. The van der Waals surface area contributed by atoms with E-state index in [-0.39, 0.29) is 10.6 Å². The molecule has 0 heterocycles. The highest BCUT2D eigenvalue weighted by atomic mass is 35.5. The molecule has 0 saturated heterocycles. The van der Waals surface area contributed by atoms with Gasteiger partial charge < -0.3 is 10.1 Å². The average Bonchev–Trinajstić information content (AvgIpc) is 2.70. The Labute approximate surface area is 178 Å². The monoisotopic (exact) mass is 450 g/mol. The smallest absolute Gasteiger partial charge is 0.261 e. The Morgan fingerprint density at radius 3 is 2.07 bits per heavy atom. The maximum Gasteiger partial charge on any atom is 0.261 e. The number of benzene rings is 3. The van der Waals surface area contributed by atoms with Gasteiger partial charge in [0.1, 0.15) is 5.75 Å². The molecule has 6 nitrogen and oxygen atoms in total. The molecule has 1 amide bonds. The van der Waals surface area contributed by atoms with E-state index in [1.165, 1.54) is 25.3 Å². The average molecular weight is 451 g/mol. The number of hydrogen-bond donors (Lipinski definition) is 2. The van der Waals surface area contributed by atoms with E-state index < -0.39 is 15.9 Å². The lowest BCUT2D eigenvalue weighted by Gasteiger charge is -2.13. The second-order valence-electron chi connectivity index (χ2n) is 5.94. The number of ether oxygens (including phenoxy) is 1. The van der Waals surface area contributed by atoms with Crippen LogP contribution in [0.2, 0.25) is 10.0 Å². The molecule has 0 atom stereocenters. The van der Waals surface area contributed by atoms with E-state index in [2.05, 4.69) is 10.0 Å². The van der Waals surface area contributed by atoms with Crippen LogP contribution < -0.4 is 14.8 Å². The van der Waals surface area contributed by atoms with E-state index in [0.717, 1.165) is 0 Å². The first-order chi connectivity index (χ1) is 13.8. The van der Waals surface area contributed by atoms with Crippen molar-refractivity contribution in [2.75, 3.05) is 17.1 Å². The van der Waals surface area contributed by atoms with Crippen molar-refractivity contribution in [1.29, 1.82) is 0 Å². The van der Waals surface area contributed by atoms with Crippen LogP contribution in [0.5, 0.6) is 5.75 Å². The molecule has 0 aliphatic rings. The molecular weight excluding hydrogens is 435 g/mol. The lowest BCUT2D eigenvalue weighted by atomic mass is 10.2. The summed E-state index contributed by atoms with van der Waals surface area (Å²) in [6.07, 6.45) is 0. The van der Waals surface area contributed by atoms with Crippen LogP contribution in [0.25, 0.3) is 0 Å². The van der Waals surface area contributed by atoms with Crippen LogP contribution >= 0.6 is 23.2 Å². The number of sulfonamides is 1. The van der Waals surface area contributed by atoms with Gasteiger partial charge in [-0.2, -0.15) is 0 Å². The third kappa shape index (κ3) is 5.20. The van der Waals surface area contributed by atoms with Crippen molar-refractivity contribution in [3.63, 3.8) is 0 Å². The number of anilines is 2. The summed E-state index contributed by atoms with van der Waals surface area (Å²) in [5.74, 6) is -0.113. The van der Waals surface area contributed by atoms with Gasteiger partial charge in [-0.15, -0.1) is 0 Å². The summed E-state index contributed by atoms with van der Waals surface area (Å²) in [7, 11) is -2.47. The number of rotatable bonds is 6. The summed E-state index contributed by atoms with van der Waals surface area (Å²) >= 11 is 11.7. The molecule has 9 heteroatoms. The topological polar surface area (TPSA) is 84.5 Å². The molecule has 3 aromatic carbocycles. The van der Waals surface area contributed by atoms with Crippen molar-refractivity contribution in [3.8, 4) is 5.75 Å². The van der Waals surface area contributed by atoms with E-state index in [4.69, 9.17) is 27.9 Å². The molecule has 29 heavy (non-hydrogen) atoms. The van der Waals surface area contributed by atoms with Crippen LogP contribution in [0.3, 0.4) is 0 Å². The molecule has 0 aromatic heterocycles. The zero-order chi connectivity index (χ0) is 21.0. The highest BCUT2D eigenvalue weighted by Crippen LogP contribution is 2.29. The molecule has 0 unspecified atom stereocenters. The number of nitrogens with one attached hydrogen (secondary N) is 2. The van der Waals surface area contributed by atoms with Crippen LogP contribution in [-0.4, -0.2) is 21.4 Å². The Kier molecular flexibility index (Phi) is 6.32. The van der Waals surface area contributed by atoms with Gasteiger partial charge in [-0.1, -0.05) is 23.2 Å². The first-order valence-electron chi connectivity index (χ1n) is 8.32. The van der Waals surface area contributed by atoms with Crippen molar-refractivity contribution < 1.29 is 17.9 Å². The van der Waals surface area contributed by atoms with Gasteiger partial charge in [0.25, 0.3) is 15.9 Å². The van der Waals surface area contributed by atoms with E-state index in [1.54, 1.807) is 48.5 Å². The van der Waals surface area contributed by atoms with Crippen LogP contribution in [0, 0.1) is 0 Å². The molecule has 0 aliphatic carbocycles. The van der Waals surface area contributed by atoms with Gasteiger partial charge in [-0.05, 0) is 66.7 Å². The fraction of sp³-hybridized carbons (Fsp3) is 0.0500. The van der Waals surface area contributed by atoms with Gasteiger partial charge in [0.15, 0.2) is 0 Å². The Balaban J connectivity index is 1.88. The highest BCUT2D eigenvalue weighted by molar-refractivity contribution is 7.92. The Morgan fingerprint density at radius 2 is 1.48 bits per heavy atom. The van der Waals surface area contributed by atoms with Crippen LogP contribution in [0.4, 0.5) is 11.4 Å². The molecule has 0 spiro atoms. The van der Waals surface area contributed by atoms with E-state index >= 15 is 0 Å². The predicted octanol–water partition coefficient (Wildman–Crippen LogP) is 5.06. The zero-order valence-electron chi connectivity index (χ0n) is 15.1. The minimum Gasteiger partial charge on any atom is -0.495 e. The number of hydrogen-bond acceptors (Lipinski definition) is 4. The number of amides is 1. The Bertz CT molecular complexity index is 1130. The Hall–Kier alpha value is -2.74. The maximum atomic E-state index is 12.7. The molecule has 0 bridgehead atoms. The van der Waals surface area contributed by atoms with Crippen LogP contribution in [0.15, 0.2) is 71.6 Å². The van der Waals surface area contributed by atoms with Gasteiger partial charge in [-0.25, -0.2) is 8.42 Å². The third-order valence-electron chi connectivity index (χ3n) is 3.93. The van der Waals surface area contributed by atoms with Gasteiger partial charge in [0, 0.05) is 21.3 Å². The minimum absolute atomic E-state index is 0.0420. The number of methoxy groups -OCH3 is 1. The van der Waals surface area contributed by atoms with Crippen molar-refractivity contribution in [2.24, 2.45) is 0 Å². The maximum absolute atomic E-state index is 12.7. The van der Waals surface area contributed by atoms with Crippen molar-refractivity contribution >= 4 is 50.5 Å². The van der Waals surface area contributed by atoms with E-state index in [1.807, 2.05) is 0 Å². The first kappa shape index (κ1) is 21.0. The highest BCUT2D eigenvalue weighted by Gasteiger charge is 2.18. The standard InChI is InChI=1S/C20H16Cl2N2O4S/c1-28-19-11-10-17(29(26,27)24-16-8-6-15(22)7-9-16)12-18(19)23-20(25)13-2-4-14(21)5-3-13/h2-12,24H,1H3,(H,23,25). The molecule has 150 valence electrons. The van der Waals surface area contributed by atoms with Gasteiger partial charge in [-0.3, -0.25) is 9.52 Å². The first-order valence-corrected chi connectivity index (χ1v) is 10.6. The van der Waals surface area contributed by atoms with E-state index in [9.17, 15) is 13.2 Å². The summed E-state index contributed by atoms with van der Waals surface area (Å²) in [5, 5.41) is 3.66. The van der Waals surface area contributed by atoms with Crippen LogP contribution in [-0.2, 0) is 10.0 Å². The molecule has 0 aliphatic heterocycles. The predicted molar refractivity (Wildman–Crippen MR) is 115 cm³/mol. The minimum atomic E-state index is -3.90. The molecule has 3 aromatic rings. The van der Waals surface area contributed by atoms with E-state index in [0.29, 0.717) is 27.0 Å². The number of halogens is 2. The zero-order valence-corrected chi connectivity index (χ0v) is 17.5. The summed E-state index contributed by atoms with van der Waals surface area (Å²) < 4.78 is 33.1. The van der Waals surface area contributed by atoms with Gasteiger partial charge in [0.05, 0.1) is 17.7 Å². The molecule has 3 rings (SSSR count). The molecule has 2 N–H and O–H groups in total.